The van der Waals surface area contributed by atoms with Gasteiger partial charge in [0, 0.05) is 48.8 Å². The van der Waals surface area contributed by atoms with Crippen LogP contribution in [0, 0.1) is 0 Å². The van der Waals surface area contributed by atoms with Crippen molar-refractivity contribution in [3.8, 4) is 0 Å². The minimum Gasteiger partial charge on any atom is -0.356 e. The zero-order valence-electron chi connectivity index (χ0n) is 16.5. The second kappa shape index (κ2) is 9.49. The molecule has 1 aliphatic heterocycles. The van der Waals surface area contributed by atoms with Gasteiger partial charge in [0.1, 0.15) is 0 Å². The highest BCUT2D eigenvalue weighted by atomic mass is 32.2. The average Bonchev–Trinajstić information content (AvgIpc) is 3.45. The van der Waals surface area contributed by atoms with Crippen molar-refractivity contribution in [3.63, 3.8) is 0 Å². The number of guanidine groups is 1. The Morgan fingerprint density at radius 3 is 2.70 bits per heavy atom. The van der Waals surface area contributed by atoms with Gasteiger partial charge >= 0.3 is 0 Å². The molecular formula is C21H32N4OS. The van der Waals surface area contributed by atoms with Crippen molar-refractivity contribution in [2.24, 2.45) is 4.99 Å². The molecule has 27 heavy (non-hydrogen) atoms. The normalized spacial score (nSPS) is 21.6. The van der Waals surface area contributed by atoms with Gasteiger partial charge in [-0.3, -0.25) is 9.79 Å². The van der Waals surface area contributed by atoms with Crippen LogP contribution in [0.25, 0.3) is 0 Å². The number of rotatable bonds is 7. The van der Waals surface area contributed by atoms with Gasteiger partial charge in [-0.25, -0.2) is 0 Å². The van der Waals surface area contributed by atoms with Crippen molar-refractivity contribution in [1.82, 2.24) is 15.5 Å². The minimum atomic E-state index is 0.253. The van der Waals surface area contributed by atoms with Crippen molar-refractivity contribution in [2.45, 2.75) is 61.1 Å². The van der Waals surface area contributed by atoms with Crippen LogP contribution in [0.1, 0.15) is 45.4 Å². The van der Waals surface area contributed by atoms with Crippen LogP contribution in [0.15, 0.2) is 40.2 Å². The van der Waals surface area contributed by atoms with Crippen LogP contribution in [-0.2, 0) is 4.79 Å². The Morgan fingerprint density at radius 2 is 2.04 bits per heavy atom. The number of carbonyl (C=O) groups excluding carboxylic acids is 1. The predicted molar refractivity (Wildman–Crippen MR) is 113 cm³/mol. The number of piperidine rings is 1. The van der Waals surface area contributed by atoms with E-state index in [2.05, 4.69) is 52.9 Å². The van der Waals surface area contributed by atoms with Gasteiger partial charge in [-0.2, -0.15) is 0 Å². The highest BCUT2D eigenvalue weighted by Crippen LogP contribution is 2.51. The molecule has 2 N–H and O–H groups in total. The third-order valence-corrected chi connectivity index (χ3v) is 6.93. The molecule has 1 atom stereocenters. The maximum Gasteiger partial charge on any atom is 0.224 e. The number of nitrogens with one attached hydrogen (secondary N) is 2. The zero-order valence-corrected chi connectivity index (χ0v) is 17.4. The molecule has 0 spiro atoms. The predicted octanol–water partition coefficient (Wildman–Crippen LogP) is 3.27. The van der Waals surface area contributed by atoms with E-state index in [1.807, 2.05) is 16.7 Å². The second-order valence-electron chi connectivity index (χ2n) is 7.63. The van der Waals surface area contributed by atoms with E-state index >= 15 is 0 Å². The summed E-state index contributed by atoms with van der Waals surface area (Å²) >= 11 is 1.95. The van der Waals surface area contributed by atoms with E-state index < -0.39 is 0 Å². The minimum absolute atomic E-state index is 0.253. The molecule has 0 bridgehead atoms. The van der Waals surface area contributed by atoms with Gasteiger partial charge in [-0.05, 0) is 51.2 Å². The van der Waals surface area contributed by atoms with Crippen LogP contribution in [0.4, 0.5) is 0 Å². The molecule has 148 valence electrons. The number of hydrogen-bond acceptors (Lipinski definition) is 3. The Morgan fingerprint density at radius 1 is 1.26 bits per heavy atom. The fraction of sp³-hybridized carbons (Fsp3) is 0.619. The lowest BCUT2D eigenvalue weighted by Crippen LogP contribution is -2.45. The Hall–Kier alpha value is -1.69. The van der Waals surface area contributed by atoms with E-state index in [0.717, 1.165) is 31.9 Å². The van der Waals surface area contributed by atoms with Crippen LogP contribution in [0.3, 0.4) is 0 Å². The zero-order chi connectivity index (χ0) is 19.1. The molecule has 1 aromatic rings. The van der Waals surface area contributed by atoms with Gasteiger partial charge in [0.15, 0.2) is 5.96 Å². The number of aliphatic imine (C=N–C) groups is 1. The standard InChI is InChI=1S/C21H32N4OS/c1-17-8-6-7-15-25(17)19(26)11-14-23-20(22-2)24-16-21(12-13-21)27-18-9-4-3-5-10-18/h3-5,9-10,17H,6-8,11-16H2,1-2H3,(H2,22,23,24). The highest BCUT2D eigenvalue weighted by molar-refractivity contribution is 8.01. The molecule has 1 aliphatic carbocycles. The molecule has 2 aliphatic rings. The lowest BCUT2D eigenvalue weighted by Gasteiger charge is -2.33. The number of benzene rings is 1. The molecule has 6 heteroatoms. The fourth-order valence-corrected chi connectivity index (χ4v) is 4.80. The van der Waals surface area contributed by atoms with Crippen molar-refractivity contribution < 1.29 is 4.79 Å². The van der Waals surface area contributed by atoms with Crippen LogP contribution in [0.2, 0.25) is 0 Å². The first-order chi connectivity index (χ1) is 13.1. The third kappa shape index (κ3) is 5.89. The summed E-state index contributed by atoms with van der Waals surface area (Å²) in [5, 5.41) is 6.75. The summed E-state index contributed by atoms with van der Waals surface area (Å²) in [7, 11) is 1.79. The molecule has 1 aromatic carbocycles. The SMILES string of the molecule is CN=C(NCCC(=O)N1CCCCC1C)NCC1(Sc2ccccc2)CC1. The lowest BCUT2D eigenvalue weighted by molar-refractivity contribution is -0.134. The monoisotopic (exact) mass is 388 g/mol. The Kier molecular flexibility index (Phi) is 7.05. The molecule has 1 unspecified atom stereocenters. The number of carbonyl (C=O) groups is 1. The summed E-state index contributed by atoms with van der Waals surface area (Å²) in [4.78, 5) is 20.1. The van der Waals surface area contributed by atoms with Gasteiger partial charge in [0.05, 0.1) is 0 Å². The summed E-state index contributed by atoms with van der Waals surface area (Å²) < 4.78 is 0.276. The van der Waals surface area contributed by atoms with Crippen LogP contribution >= 0.6 is 11.8 Å². The molecule has 0 aromatic heterocycles. The Balaban J connectivity index is 1.39. The Bertz CT molecular complexity index is 645. The van der Waals surface area contributed by atoms with E-state index in [1.165, 1.54) is 24.2 Å². The fourth-order valence-electron chi connectivity index (χ4n) is 3.56. The van der Waals surface area contributed by atoms with Crippen LogP contribution in [0.5, 0.6) is 0 Å². The molecular weight excluding hydrogens is 356 g/mol. The van der Waals surface area contributed by atoms with Crippen LogP contribution in [-0.4, -0.2) is 54.2 Å². The molecule has 2 fully saturated rings. The van der Waals surface area contributed by atoms with Gasteiger partial charge in [0.25, 0.3) is 0 Å². The maximum atomic E-state index is 12.4. The van der Waals surface area contributed by atoms with Crippen molar-refractivity contribution >= 4 is 23.6 Å². The number of amides is 1. The summed E-state index contributed by atoms with van der Waals surface area (Å²) in [5.74, 6) is 1.04. The van der Waals surface area contributed by atoms with Crippen molar-refractivity contribution in [1.29, 1.82) is 0 Å². The molecule has 3 rings (SSSR count). The number of hydrogen-bond donors (Lipinski definition) is 2. The summed E-state index contributed by atoms with van der Waals surface area (Å²) in [6.45, 7) is 4.58. The number of thioether (sulfide) groups is 1. The maximum absolute atomic E-state index is 12.4. The quantitative estimate of drug-likeness (QED) is 0.556. The van der Waals surface area contributed by atoms with Crippen LogP contribution < -0.4 is 10.6 Å². The highest BCUT2D eigenvalue weighted by Gasteiger charge is 2.43. The number of nitrogens with zero attached hydrogens (tertiary/aromatic N) is 2. The van der Waals surface area contributed by atoms with E-state index in [4.69, 9.17) is 0 Å². The first-order valence-corrected chi connectivity index (χ1v) is 10.9. The van der Waals surface area contributed by atoms with Gasteiger partial charge in [0.2, 0.25) is 5.91 Å². The summed E-state index contributed by atoms with van der Waals surface area (Å²) in [6.07, 6.45) is 6.47. The molecule has 1 amide bonds. The summed E-state index contributed by atoms with van der Waals surface area (Å²) in [5.41, 5.74) is 0. The topological polar surface area (TPSA) is 56.7 Å². The van der Waals surface area contributed by atoms with E-state index in [9.17, 15) is 4.79 Å². The smallest absolute Gasteiger partial charge is 0.224 e. The third-order valence-electron chi connectivity index (χ3n) is 5.44. The van der Waals surface area contributed by atoms with Crippen molar-refractivity contribution in [3.05, 3.63) is 30.3 Å². The number of likely N-dealkylation sites (tertiary alicyclic amines) is 1. The first-order valence-electron chi connectivity index (χ1n) is 10.1. The summed E-state index contributed by atoms with van der Waals surface area (Å²) in [6, 6.07) is 11.0. The molecule has 5 nitrogen and oxygen atoms in total. The largest absolute Gasteiger partial charge is 0.356 e. The second-order valence-corrected chi connectivity index (χ2v) is 9.17. The average molecular weight is 389 g/mol. The molecule has 0 radical (unpaired) electrons. The molecule has 1 saturated heterocycles. The molecule has 1 saturated carbocycles. The van der Waals surface area contributed by atoms with Gasteiger partial charge < -0.3 is 15.5 Å². The van der Waals surface area contributed by atoms with E-state index in [1.54, 1.807) is 7.05 Å². The Labute approximate surface area is 167 Å². The van der Waals surface area contributed by atoms with Gasteiger partial charge in [-0.15, -0.1) is 11.8 Å². The lowest BCUT2D eigenvalue weighted by atomic mass is 10.0. The van der Waals surface area contributed by atoms with Gasteiger partial charge in [-0.1, -0.05) is 18.2 Å². The first kappa shape index (κ1) is 20.1. The van der Waals surface area contributed by atoms with E-state index in [-0.39, 0.29) is 10.7 Å². The molecule has 1 heterocycles. The van der Waals surface area contributed by atoms with E-state index in [0.29, 0.717) is 19.0 Å². The van der Waals surface area contributed by atoms with Crippen molar-refractivity contribution in [2.75, 3.05) is 26.7 Å².